The number of carbonyl (C=O) groups is 1. The van der Waals surface area contributed by atoms with E-state index in [2.05, 4.69) is 10.7 Å². The van der Waals surface area contributed by atoms with Crippen LogP contribution in [0.4, 0.5) is 11.4 Å². The second-order valence-electron chi connectivity index (χ2n) is 4.28. The molecule has 1 aliphatic rings. The van der Waals surface area contributed by atoms with E-state index >= 15 is 0 Å². The van der Waals surface area contributed by atoms with E-state index in [0.29, 0.717) is 32.0 Å². The first kappa shape index (κ1) is 14.2. The SMILES string of the molecule is CNc1ccc([N+](=O)[O-])cc1C(=O)NN1CCOCC1. The highest BCUT2D eigenvalue weighted by Gasteiger charge is 2.19. The molecule has 2 N–H and O–H groups in total. The van der Waals surface area contributed by atoms with Gasteiger partial charge < -0.3 is 10.1 Å². The van der Waals surface area contributed by atoms with Gasteiger partial charge in [0.15, 0.2) is 0 Å². The summed E-state index contributed by atoms with van der Waals surface area (Å²) in [6, 6.07) is 4.14. The summed E-state index contributed by atoms with van der Waals surface area (Å²) in [5.41, 5.74) is 3.40. The van der Waals surface area contributed by atoms with E-state index in [9.17, 15) is 14.9 Å². The second kappa shape index (κ2) is 6.31. The van der Waals surface area contributed by atoms with Crippen LogP contribution < -0.4 is 10.7 Å². The van der Waals surface area contributed by atoms with Gasteiger partial charge in [0.05, 0.1) is 23.7 Å². The maximum Gasteiger partial charge on any atom is 0.270 e. The first-order valence-electron chi connectivity index (χ1n) is 6.21. The Hall–Kier alpha value is -2.19. The second-order valence-corrected chi connectivity index (χ2v) is 4.28. The van der Waals surface area contributed by atoms with Crippen molar-refractivity contribution >= 4 is 17.3 Å². The van der Waals surface area contributed by atoms with Crippen LogP contribution in [0.15, 0.2) is 18.2 Å². The van der Waals surface area contributed by atoms with Crippen molar-refractivity contribution in [2.45, 2.75) is 0 Å². The number of nitrogens with zero attached hydrogens (tertiary/aromatic N) is 2. The molecule has 0 unspecified atom stereocenters. The van der Waals surface area contributed by atoms with Crippen molar-refractivity contribution in [3.05, 3.63) is 33.9 Å². The maximum absolute atomic E-state index is 12.2. The van der Waals surface area contributed by atoms with Crippen LogP contribution in [-0.2, 0) is 4.74 Å². The fourth-order valence-corrected chi connectivity index (χ4v) is 1.93. The lowest BCUT2D eigenvalue weighted by Crippen LogP contribution is -2.48. The Morgan fingerprint density at radius 2 is 2.10 bits per heavy atom. The average molecular weight is 280 g/mol. The minimum Gasteiger partial charge on any atom is -0.387 e. The van der Waals surface area contributed by atoms with Crippen molar-refractivity contribution in [1.82, 2.24) is 10.4 Å². The highest BCUT2D eigenvalue weighted by molar-refractivity contribution is 6.00. The Labute approximate surface area is 115 Å². The normalized spacial score (nSPS) is 15.7. The molecule has 20 heavy (non-hydrogen) atoms. The molecule has 108 valence electrons. The van der Waals surface area contributed by atoms with Gasteiger partial charge in [0.2, 0.25) is 0 Å². The number of morpholine rings is 1. The summed E-state index contributed by atoms with van der Waals surface area (Å²) in [4.78, 5) is 22.5. The fraction of sp³-hybridized carbons (Fsp3) is 0.417. The summed E-state index contributed by atoms with van der Waals surface area (Å²) in [6.45, 7) is 2.29. The lowest BCUT2D eigenvalue weighted by Gasteiger charge is -2.27. The molecule has 8 nitrogen and oxygen atoms in total. The number of nitrogens with one attached hydrogen (secondary N) is 2. The molecule has 1 amide bonds. The van der Waals surface area contributed by atoms with Gasteiger partial charge in [0.1, 0.15) is 0 Å². The molecule has 0 aromatic heterocycles. The zero-order chi connectivity index (χ0) is 14.5. The number of benzene rings is 1. The highest BCUT2D eigenvalue weighted by Crippen LogP contribution is 2.21. The Morgan fingerprint density at radius 3 is 2.70 bits per heavy atom. The van der Waals surface area contributed by atoms with Gasteiger partial charge in [-0.25, -0.2) is 5.01 Å². The van der Waals surface area contributed by atoms with Gasteiger partial charge in [-0.15, -0.1) is 0 Å². The van der Waals surface area contributed by atoms with Crippen LogP contribution in [-0.4, -0.2) is 49.2 Å². The Balaban J connectivity index is 2.18. The molecule has 2 rings (SSSR count). The lowest BCUT2D eigenvalue weighted by atomic mass is 10.1. The van der Waals surface area contributed by atoms with E-state index in [-0.39, 0.29) is 17.2 Å². The standard InChI is InChI=1S/C12H16N4O4/c1-13-11-3-2-9(16(18)19)8-10(11)12(17)14-15-4-6-20-7-5-15/h2-3,8,13H,4-7H2,1H3,(H,14,17). The monoisotopic (exact) mass is 280 g/mol. The van der Waals surface area contributed by atoms with Crippen molar-refractivity contribution in [1.29, 1.82) is 0 Å². The van der Waals surface area contributed by atoms with Crippen molar-refractivity contribution < 1.29 is 14.5 Å². The van der Waals surface area contributed by atoms with E-state index in [1.165, 1.54) is 18.2 Å². The summed E-state index contributed by atoms with van der Waals surface area (Å²) in [6.07, 6.45) is 0. The van der Waals surface area contributed by atoms with Crippen LogP contribution in [0.3, 0.4) is 0 Å². The van der Waals surface area contributed by atoms with E-state index in [1.54, 1.807) is 12.1 Å². The third-order valence-corrected chi connectivity index (χ3v) is 3.00. The predicted octanol–water partition coefficient (Wildman–Crippen LogP) is 0.613. The molecule has 0 bridgehead atoms. The molecule has 0 aliphatic carbocycles. The highest BCUT2D eigenvalue weighted by atomic mass is 16.6. The number of non-ortho nitro benzene ring substituents is 1. The van der Waals surface area contributed by atoms with Crippen LogP contribution in [0.1, 0.15) is 10.4 Å². The largest absolute Gasteiger partial charge is 0.387 e. The minimum absolute atomic E-state index is 0.115. The molecule has 1 aromatic rings. The smallest absolute Gasteiger partial charge is 0.270 e. The summed E-state index contributed by atoms with van der Waals surface area (Å²) >= 11 is 0. The van der Waals surface area contributed by atoms with Gasteiger partial charge in [-0.2, -0.15) is 0 Å². The number of anilines is 1. The van der Waals surface area contributed by atoms with Gasteiger partial charge in [-0.05, 0) is 6.07 Å². The molecular formula is C12H16N4O4. The van der Waals surface area contributed by atoms with E-state index in [4.69, 9.17) is 4.74 Å². The molecular weight excluding hydrogens is 264 g/mol. The van der Waals surface area contributed by atoms with E-state index in [0.717, 1.165) is 0 Å². The van der Waals surface area contributed by atoms with Crippen LogP contribution >= 0.6 is 0 Å². The third kappa shape index (κ3) is 3.22. The number of nitro groups is 1. The molecule has 0 saturated carbocycles. The Kier molecular flexibility index (Phi) is 4.49. The van der Waals surface area contributed by atoms with E-state index in [1.807, 2.05) is 0 Å². The number of hydrazine groups is 1. The van der Waals surface area contributed by atoms with Gasteiger partial charge in [0, 0.05) is 38.0 Å². The summed E-state index contributed by atoms with van der Waals surface area (Å²) in [5.74, 6) is -0.375. The van der Waals surface area contributed by atoms with Gasteiger partial charge in [-0.3, -0.25) is 20.3 Å². The lowest BCUT2D eigenvalue weighted by molar-refractivity contribution is -0.384. The first-order valence-corrected chi connectivity index (χ1v) is 6.21. The quantitative estimate of drug-likeness (QED) is 0.619. The maximum atomic E-state index is 12.2. The van der Waals surface area contributed by atoms with Crippen LogP contribution in [0, 0.1) is 10.1 Å². The summed E-state index contributed by atoms with van der Waals surface area (Å²) < 4.78 is 5.19. The van der Waals surface area contributed by atoms with Gasteiger partial charge in [-0.1, -0.05) is 0 Å². The Morgan fingerprint density at radius 1 is 1.40 bits per heavy atom. The third-order valence-electron chi connectivity index (χ3n) is 3.00. The van der Waals surface area contributed by atoms with Gasteiger partial charge in [0.25, 0.3) is 11.6 Å². The predicted molar refractivity (Wildman–Crippen MR) is 72.5 cm³/mol. The molecule has 0 radical (unpaired) electrons. The van der Waals surface area contributed by atoms with Crippen molar-refractivity contribution in [3.8, 4) is 0 Å². The number of hydrogen-bond acceptors (Lipinski definition) is 6. The number of hydrogen-bond donors (Lipinski definition) is 2. The summed E-state index contributed by atoms with van der Waals surface area (Å²) in [5, 5.41) is 15.4. The van der Waals surface area contributed by atoms with Crippen molar-refractivity contribution in [2.75, 3.05) is 38.7 Å². The molecule has 1 aliphatic heterocycles. The number of ether oxygens (including phenoxy) is 1. The van der Waals surface area contributed by atoms with Crippen molar-refractivity contribution in [2.24, 2.45) is 0 Å². The van der Waals surface area contributed by atoms with Crippen LogP contribution in [0.2, 0.25) is 0 Å². The first-order chi connectivity index (χ1) is 9.61. The zero-order valence-corrected chi connectivity index (χ0v) is 11.1. The minimum atomic E-state index is -0.523. The molecule has 8 heteroatoms. The average Bonchev–Trinajstić information content (AvgIpc) is 2.47. The number of carbonyl (C=O) groups excluding carboxylic acids is 1. The van der Waals surface area contributed by atoms with Crippen LogP contribution in [0.25, 0.3) is 0 Å². The molecule has 1 aromatic carbocycles. The van der Waals surface area contributed by atoms with Gasteiger partial charge >= 0.3 is 0 Å². The topological polar surface area (TPSA) is 96.7 Å². The molecule has 0 spiro atoms. The molecule has 1 heterocycles. The zero-order valence-electron chi connectivity index (χ0n) is 11.1. The number of nitro benzene ring substituents is 1. The van der Waals surface area contributed by atoms with E-state index < -0.39 is 4.92 Å². The molecule has 1 saturated heterocycles. The number of amides is 1. The summed E-state index contributed by atoms with van der Waals surface area (Å²) in [7, 11) is 1.66. The van der Waals surface area contributed by atoms with Crippen molar-refractivity contribution in [3.63, 3.8) is 0 Å². The van der Waals surface area contributed by atoms with Crippen LogP contribution in [0.5, 0.6) is 0 Å². The Bertz CT molecular complexity index is 514. The molecule has 0 atom stereocenters. The molecule has 1 fully saturated rings. The number of rotatable bonds is 4. The fourth-order valence-electron chi connectivity index (χ4n) is 1.93.